The van der Waals surface area contributed by atoms with E-state index in [9.17, 15) is 4.79 Å². The molecule has 0 aliphatic heterocycles. The van der Waals surface area contributed by atoms with Gasteiger partial charge < -0.3 is 11.1 Å². The Hall–Kier alpha value is -2.14. The summed E-state index contributed by atoms with van der Waals surface area (Å²) in [6.07, 6.45) is 6.98. The first-order chi connectivity index (χ1) is 12.6. The number of aromatic nitrogens is 2. The zero-order valence-corrected chi connectivity index (χ0v) is 15.4. The van der Waals surface area contributed by atoms with Gasteiger partial charge in [0.2, 0.25) is 5.91 Å². The third-order valence-corrected chi connectivity index (χ3v) is 5.94. The smallest absolute Gasteiger partial charge is 0.232 e. The largest absolute Gasteiger partial charge is 0.328 e. The third kappa shape index (κ3) is 3.83. The van der Waals surface area contributed by atoms with Gasteiger partial charge in [-0.1, -0.05) is 24.3 Å². The first kappa shape index (κ1) is 17.3. The highest BCUT2D eigenvalue weighted by Crippen LogP contribution is 2.39. The summed E-state index contributed by atoms with van der Waals surface area (Å²) in [5.41, 5.74) is 9.54. The quantitative estimate of drug-likeness (QED) is 0.760. The minimum atomic E-state index is -0.204. The number of anilines is 1. The Labute approximate surface area is 154 Å². The first-order valence-corrected chi connectivity index (χ1v) is 9.81. The Morgan fingerprint density at radius 3 is 2.42 bits per heavy atom. The van der Waals surface area contributed by atoms with Crippen LogP contribution < -0.4 is 11.1 Å². The van der Waals surface area contributed by atoms with Crippen LogP contribution in [0.1, 0.15) is 80.0 Å². The maximum absolute atomic E-state index is 12.6. The van der Waals surface area contributed by atoms with Crippen molar-refractivity contribution in [2.75, 3.05) is 5.32 Å². The highest BCUT2D eigenvalue weighted by Gasteiger charge is 2.26. The van der Waals surface area contributed by atoms with Crippen LogP contribution in [0.2, 0.25) is 0 Å². The third-order valence-electron chi connectivity index (χ3n) is 5.94. The van der Waals surface area contributed by atoms with Gasteiger partial charge in [0.05, 0.1) is 5.92 Å². The van der Waals surface area contributed by atoms with E-state index in [4.69, 9.17) is 5.73 Å². The maximum atomic E-state index is 12.6. The molecular formula is C21H28N4O. The average molecular weight is 352 g/mol. The number of nitrogens with two attached hydrogens (primary N) is 1. The molecule has 4 rings (SSSR count). The fraction of sp³-hybridized carbons (Fsp3) is 0.524. The lowest BCUT2D eigenvalue weighted by molar-refractivity contribution is -0.117. The van der Waals surface area contributed by atoms with E-state index >= 15 is 0 Å². The van der Waals surface area contributed by atoms with Gasteiger partial charge in [0, 0.05) is 23.7 Å². The Balaban J connectivity index is 1.37. The lowest BCUT2D eigenvalue weighted by Gasteiger charge is -2.26. The Bertz CT molecular complexity index is 755. The molecule has 2 aromatic rings. The van der Waals surface area contributed by atoms with Crippen LogP contribution >= 0.6 is 0 Å². The first-order valence-electron chi connectivity index (χ1n) is 9.81. The van der Waals surface area contributed by atoms with Gasteiger partial charge in [0.15, 0.2) is 5.82 Å². The lowest BCUT2D eigenvalue weighted by atomic mass is 9.81. The van der Waals surface area contributed by atoms with Crippen LogP contribution in [0.25, 0.3) is 0 Å². The van der Waals surface area contributed by atoms with E-state index in [-0.39, 0.29) is 11.8 Å². The number of rotatable bonds is 5. The summed E-state index contributed by atoms with van der Waals surface area (Å²) in [5.74, 6) is 1.62. The van der Waals surface area contributed by atoms with Crippen LogP contribution in [0.4, 0.5) is 5.82 Å². The van der Waals surface area contributed by atoms with E-state index < -0.39 is 0 Å². The van der Waals surface area contributed by atoms with Gasteiger partial charge in [-0.3, -0.25) is 9.89 Å². The molecule has 1 aromatic heterocycles. The van der Waals surface area contributed by atoms with Gasteiger partial charge in [-0.05, 0) is 62.5 Å². The number of amides is 1. The van der Waals surface area contributed by atoms with Crippen LogP contribution in [-0.2, 0) is 4.79 Å². The molecular weight excluding hydrogens is 324 g/mol. The fourth-order valence-electron chi connectivity index (χ4n) is 3.90. The summed E-state index contributed by atoms with van der Waals surface area (Å²) in [7, 11) is 0. The second-order valence-corrected chi connectivity index (χ2v) is 7.97. The Morgan fingerprint density at radius 1 is 1.12 bits per heavy atom. The predicted molar refractivity (Wildman–Crippen MR) is 103 cm³/mol. The number of H-pyrrole nitrogens is 1. The van der Waals surface area contributed by atoms with E-state index in [1.54, 1.807) is 0 Å². The number of carbonyl (C=O) groups excluding carboxylic acids is 1. The molecule has 2 aliphatic carbocycles. The minimum Gasteiger partial charge on any atom is -0.328 e. The highest BCUT2D eigenvalue weighted by atomic mass is 16.1. The number of aromatic amines is 1. The van der Waals surface area contributed by atoms with Crippen LogP contribution in [0.3, 0.4) is 0 Å². The van der Waals surface area contributed by atoms with Gasteiger partial charge in [-0.2, -0.15) is 5.10 Å². The zero-order chi connectivity index (χ0) is 18.1. The molecule has 2 fully saturated rings. The van der Waals surface area contributed by atoms with E-state index in [1.165, 1.54) is 31.2 Å². The predicted octanol–water partition coefficient (Wildman–Crippen LogP) is 4.01. The summed E-state index contributed by atoms with van der Waals surface area (Å²) in [6.45, 7) is 1.94. The molecule has 1 amide bonds. The van der Waals surface area contributed by atoms with Gasteiger partial charge in [0.1, 0.15) is 0 Å². The van der Waals surface area contributed by atoms with Gasteiger partial charge in [0.25, 0.3) is 0 Å². The van der Waals surface area contributed by atoms with E-state index in [2.05, 4.69) is 39.8 Å². The summed E-state index contributed by atoms with van der Waals surface area (Å²) in [5, 5.41) is 10.2. The van der Waals surface area contributed by atoms with Crippen LogP contribution in [0.15, 0.2) is 30.3 Å². The molecule has 2 aliphatic rings. The number of nitrogens with one attached hydrogen (secondary N) is 2. The van der Waals surface area contributed by atoms with E-state index in [0.29, 0.717) is 23.7 Å². The molecule has 1 heterocycles. The molecule has 5 heteroatoms. The van der Waals surface area contributed by atoms with Crippen molar-refractivity contribution in [3.8, 4) is 0 Å². The molecule has 1 unspecified atom stereocenters. The molecule has 2 saturated carbocycles. The average Bonchev–Trinajstić information content (AvgIpc) is 3.41. The topological polar surface area (TPSA) is 83.8 Å². The molecule has 26 heavy (non-hydrogen) atoms. The normalized spacial score (nSPS) is 24.2. The molecule has 5 nitrogen and oxygen atoms in total. The highest BCUT2D eigenvalue weighted by molar-refractivity contribution is 5.94. The molecule has 0 spiro atoms. The van der Waals surface area contributed by atoms with Crippen molar-refractivity contribution >= 4 is 11.7 Å². The summed E-state index contributed by atoms with van der Waals surface area (Å²) >= 11 is 0. The molecule has 138 valence electrons. The second-order valence-electron chi connectivity index (χ2n) is 7.97. The zero-order valence-electron chi connectivity index (χ0n) is 15.4. The van der Waals surface area contributed by atoms with Crippen molar-refractivity contribution in [3.05, 3.63) is 47.2 Å². The van der Waals surface area contributed by atoms with Crippen molar-refractivity contribution in [1.29, 1.82) is 0 Å². The van der Waals surface area contributed by atoms with Crippen LogP contribution in [0, 0.1) is 0 Å². The monoisotopic (exact) mass is 352 g/mol. The standard InChI is InChI=1S/C21H28N4O/c1-13(21(26)23-20-12-19(24-25-20)17-6-7-17)14-2-4-15(5-3-14)16-8-10-18(22)11-9-16/h2-5,12-13,16-18H,6-11,22H2,1H3,(H2,23,24,25,26). The second kappa shape index (κ2) is 7.23. The number of carbonyl (C=O) groups is 1. The van der Waals surface area contributed by atoms with Crippen molar-refractivity contribution in [3.63, 3.8) is 0 Å². The van der Waals surface area contributed by atoms with Crippen molar-refractivity contribution in [2.24, 2.45) is 5.73 Å². The van der Waals surface area contributed by atoms with E-state index in [1.807, 2.05) is 13.0 Å². The molecule has 1 aromatic carbocycles. The van der Waals surface area contributed by atoms with Gasteiger partial charge in [-0.15, -0.1) is 0 Å². The summed E-state index contributed by atoms with van der Waals surface area (Å²) in [6, 6.07) is 10.9. The Morgan fingerprint density at radius 2 is 1.77 bits per heavy atom. The fourth-order valence-corrected chi connectivity index (χ4v) is 3.90. The number of benzene rings is 1. The minimum absolute atomic E-state index is 0.0183. The lowest BCUT2D eigenvalue weighted by Crippen LogP contribution is -2.25. The SMILES string of the molecule is CC(C(=O)Nc1cc(C2CC2)[nH]n1)c1ccc(C2CCC(N)CC2)cc1. The number of nitrogens with zero attached hydrogens (tertiary/aromatic N) is 1. The van der Waals surface area contributed by atoms with Gasteiger partial charge in [-0.25, -0.2) is 0 Å². The van der Waals surface area contributed by atoms with Crippen molar-refractivity contribution < 1.29 is 4.79 Å². The maximum Gasteiger partial charge on any atom is 0.232 e. The van der Waals surface area contributed by atoms with Crippen molar-refractivity contribution in [1.82, 2.24) is 10.2 Å². The van der Waals surface area contributed by atoms with Crippen LogP contribution in [0.5, 0.6) is 0 Å². The summed E-state index contributed by atoms with van der Waals surface area (Å²) < 4.78 is 0. The van der Waals surface area contributed by atoms with Crippen molar-refractivity contribution in [2.45, 2.75) is 69.2 Å². The molecule has 0 radical (unpaired) electrons. The molecule has 1 atom stereocenters. The summed E-state index contributed by atoms with van der Waals surface area (Å²) in [4.78, 5) is 12.6. The molecule has 0 bridgehead atoms. The number of hydrogen-bond donors (Lipinski definition) is 3. The number of hydrogen-bond acceptors (Lipinski definition) is 3. The van der Waals surface area contributed by atoms with Gasteiger partial charge >= 0.3 is 0 Å². The molecule has 0 saturated heterocycles. The molecule has 4 N–H and O–H groups in total. The van der Waals surface area contributed by atoms with E-state index in [0.717, 1.165) is 24.1 Å². The Kier molecular flexibility index (Phi) is 4.81. The van der Waals surface area contributed by atoms with Crippen LogP contribution in [-0.4, -0.2) is 22.1 Å².